The zero-order chi connectivity index (χ0) is 17.5. The van der Waals surface area contributed by atoms with Crippen LogP contribution in [-0.2, 0) is 13.1 Å². The van der Waals surface area contributed by atoms with Crippen molar-refractivity contribution in [3.63, 3.8) is 0 Å². The van der Waals surface area contributed by atoms with Crippen molar-refractivity contribution in [1.82, 2.24) is 10.2 Å². The van der Waals surface area contributed by atoms with Crippen molar-refractivity contribution in [1.29, 1.82) is 0 Å². The summed E-state index contributed by atoms with van der Waals surface area (Å²) in [6.45, 7) is 1.10. The van der Waals surface area contributed by atoms with Crippen LogP contribution in [0.5, 0.6) is 5.75 Å². The zero-order valence-corrected chi connectivity index (χ0v) is 16.8. The van der Waals surface area contributed by atoms with Crippen molar-refractivity contribution in [2.75, 3.05) is 21.2 Å². The first-order chi connectivity index (χ1) is 11.5. The average Bonchev–Trinajstić information content (AvgIpc) is 3.05. The van der Waals surface area contributed by atoms with Gasteiger partial charge in [0.25, 0.3) is 5.91 Å². The molecule has 7 nitrogen and oxygen atoms in total. The second-order valence-electron chi connectivity index (χ2n) is 5.24. The van der Waals surface area contributed by atoms with Crippen molar-refractivity contribution < 1.29 is 13.9 Å². The van der Waals surface area contributed by atoms with Crippen LogP contribution in [0.1, 0.15) is 21.9 Å². The second-order valence-corrected chi connectivity index (χ2v) is 5.24. The van der Waals surface area contributed by atoms with Crippen LogP contribution in [0.15, 0.2) is 45.8 Å². The number of benzene rings is 1. The Morgan fingerprint density at radius 2 is 1.96 bits per heavy atom. The van der Waals surface area contributed by atoms with Crippen molar-refractivity contribution in [2.24, 2.45) is 10.7 Å². The number of nitrogens with one attached hydrogen (secondary N) is 1. The highest BCUT2D eigenvalue weighted by Crippen LogP contribution is 2.13. The number of rotatable bonds is 6. The van der Waals surface area contributed by atoms with Gasteiger partial charge in [0.05, 0.1) is 13.7 Å². The minimum absolute atomic E-state index is 0. The Morgan fingerprint density at radius 3 is 2.48 bits per heavy atom. The molecule has 0 aliphatic heterocycles. The molecule has 0 saturated carbocycles. The Bertz CT molecular complexity index is 713. The third kappa shape index (κ3) is 5.96. The number of carbonyl (C=O) groups is 1. The molecule has 0 fully saturated rings. The standard InChI is InChI=1S/C17H22N4O3.HI/c1-19-17(20-10-14-8-9-15(24-14)16(18)22)21(2)11-12-4-6-13(23-3)7-5-12;/h4-9H,10-11H2,1-3H3,(H2,18,22)(H,19,20);1H. The molecule has 1 amide bonds. The van der Waals surface area contributed by atoms with Gasteiger partial charge < -0.3 is 25.1 Å². The van der Waals surface area contributed by atoms with Crippen molar-refractivity contribution in [3.8, 4) is 5.75 Å². The number of nitrogens with two attached hydrogens (primary N) is 1. The number of carbonyl (C=O) groups excluding carboxylic acids is 1. The van der Waals surface area contributed by atoms with Crippen molar-refractivity contribution in [3.05, 3.63) is 53.5 Å². The Kier molecular flexibility index (Phi) is 8.26. The Labute approximate surface area is 164 Å². The molecule has 0 spiro atoms. The topological polar surface area (TPSA) is 93.1 Å². The fourth-order valence-electron chi connectivity index (χ4n) is 2.24. The Morgan fingerprint density at radius 1 is 1.28 bits per heavy atom. The molecule has 1 heterocycles. The molecule has 0 atom stereocenters. The molecule has 8 heteroatoms. The second kappa shape index (κ2) is 9.92. The Balaban J connectivity index is 0.00000312. The van der Waals surface area contributed by atoms with Gasteiger partial charge in [-0.3, -0.25) is 9.79 Å². The van der Waals surface area contributed by atoms with E-state index in [1.165, 1.54) is 0 Å². The molecule has 2 aromatic rings. The predicted molar refractivity (Wildman–Crippen MR) is 107 cm³/mol. The molecular formula is C17H23IN4O3. The van der Waals surface area contributed by atoms with Gasteiger partial charge in [-0.2, -0.15) is 0 Å². The highest BCUT2D eigenvalue weighted by atomic mass is 127. The lowest BCUT2D eigenvalue weighted by Gasteiger charge is -2.22. The van der Waals surface area contributed by atoms with E-state index in [2.05, 4.69) is 10.3 Å². The maximum atomic E-state index is 11.0. The van der Waals surface area contributed by atoms with Gasteiger partial charge in [0, 0.05) is 20.6 Å². The molecule has 3 N–H and O–H groups in total. The number of guanidine groups is 1. The van der Waals surface area contributed by atoms with Crippen LogP contribution in [0, 0.1) is 0 Å². The molecular weight excluding hydrogens is 435 g/mol. The molecule has 0 unspecified atom stereocenters. The fourth-order valence-corrected chi connectivity index (χ4v) is 2.24. The number of amides is 1. The molecule has 25 heavy (non-hydrogen) atoms. The summed E-state index contributed by atoms with van der Waals surface area (Å²) in [5.41, 5.74) is 6.30. The number of furan rings is 1. The third-order valence-electron chi connectivity index (χ3n) is 3.48. The molecule has 1 aromatic carbocycles. The van der Waals surface area contributed by atoms with Crippen LogP contribution in [0.3, 0.4) is 0 Å². The lowest BCUT2D eigenvalue weighted by Crippen LogP contribution is -2.37. The molecule has 2 rings (SSSR count). The van der Waals surface area contributed by atoms with Crippen LogP contribution in [0.4, 0.5) is 0 Å². The van der Waals surface area contributed by atoms with E-state index in [1.807, 2.05) is 36.2 Å². The number of halogens is 1. The SMILES string of the molecule is CN=C(NCc1ccc(C(N)=O)o1)N(C)Cc1ccc(OC)cc1.I. The third-order valence-corrected chi connectivity index (χ3v) is 3.48. The van der Waals surface area contributed by atoms with Crippen LogP contribution in [-0.4, -0.2) is 38.0 Å². The number of aliphatic imine (C=N–C) groups is 1. The number of hydrogen-bond acceptors (Lipinski definition) is 4. The van der Waals surface area contributed by atoms with E-state index in [0.29, 0.717) is 24.8 Å². The maximum absolute atomic E-state index is 11.0. The zero-order valence-electron chi connectivity index (χ0n) is 14.5. The smallest absolute Gasteiger partial charge is 0.284 e. The van der Waals surface area contributed by atoms with E-state index in [4.69, 9.17) is 14.9 Å². The van der Waals surface area contributed by atoms with Crippen LogP contribution < -0.4 is 15.8 Å². The largest absolute Gasteiger partial charge is 0.497 e. The van der Waals surface area contributed by atoms with E-state index in [0.717, 1.165) is 11.3 Å². The van der Waals surface area contributed by atoms with E-state index < -0.39 is 5.91 Å². The highest BCUT2D eigenvalue weighted by molar-refractivity contribution is 14.0. The fraction of sp³-hybridized carbons (Fsp3) is 0.294. The minimum Gasteiger partial charge on any atom is -0.497 e. The lowest BCUT2D eigenvalue weighted by molar-refractivity contribution is 0.0972. The van der Waals surface area contributed by atoms with Crippen molar-refractivity contribution >= 4 is 35.8 Å². The summed E-state index contributed by atoms with van der Waals surface area (Å²) >= 11 is 0. The van der Waals surface area contributed by atoms with Gasteiger partial charge >= 0.3 is 0 Å². The first kappa shape index (κ1) is 20.8. The number of primary amides is 1. The molecule has 1 aromatic heterocycles. The minimum atomic E-state index is -0.581. The first-order valence-corrected chi connectivity index (χ1v) is 7.46. The number of nitrogens with zero attached hydrogens (tertiary/aromatic N) is 2. The van der Waals surface area contributed by atoms with Gasteiger partial charge in [0.15, 0.2) is 11.7 Å². The lowest BCUT2D eigenvalue weighted by atomic mass is 10.2. The summed E-state index contributed by atoms with van der Waals surface area (Å²) in [6, 6.07) is 11.1. The molecule has 0 bridgehead atoms. The molecule has 0 aliphatic rings. The maximum Gasteiger partial charge on any atom is 0.284 e. The summed E-state index contributed by atoms with van der Waals surface area (Å²) in [7, 11) is 5.30. The summed E-state index contributed by atoms with van der Waals surface area (Å²) in [6.07, 6.45) is 0. The van der Waals surface area contributed by atoms with Gasteiger partial charge in [0.1, 0.15) is 11.5 Å². The van der Waals surface area contributed by atoms with E-state index in [-0.39, 0.29) is 29.7 Å². The van der Waals surface area contributed by atoms with Gasteiger partial charge in [0.2, 0.25) is 0 Å². The highest BCUT2D eigenvalue weighted by Gasteiger charge is 2.10. The summed E-state index contributed by atoms with van der Waals surface area (Å²) in [5, 5.41) is 3.19. The summed E-state index contributed by atoms with van der Waals surface area (Å²) < 4.78 is 10.5. The molecule has 0 radical (unpaired) electrons. The molecule has 0 aliphatic carbocycles. The summed E-state index contributed by atoms with van der Waals surface area (Å²) in [4.78, 5) is 17.3. The molecule has 136 valence electrons. The van der Waals surface area contributed by atoms with Gasteiger partial charge in [-0.05, 0) is 29.8 Å². The van der Waals surface area contributed by atoms with Crippen molar-refractivity contribution in [2.45, 2.75) is 13.1 Å². The number of methoxy groups -OCH3 is 1. The average molecular weight is 458 g/mol. The van der Waals surface area contributed by atoms with Crippen LogP contribution in [0.2, 0.25) is 0 Å². The van der Waals surface area contributed by atoms with Gasteiger partial charge in [-0.15, -0.1) is 24.0 Å². The quantitative estimate of drug-likeness (QED) is 0.394. The van der Waals surface area contributed by atoms with E-state index in [9.17, 15) is 4.79 Å². The monoisotopic (exact) mass is 458 g/mol. The van der Waals surface area contributed by atoms with Crippen LogP contribution in [0.25, 0.3) is 0 Å². The van der Waals surface area contributed by atoms with Crippen LogP contribution >= 0.6 is 24.0 Å². The predicted octanol–water partition coefficient (Wildman–Crippen LogP) is 2.21. The van der Waals surface area contributed by atoms with Gasteiger partial charge in [-0.25, -0.2) is 0 Å². The Hall–Kier alpha value is -2.23. The number of hydrogen-bond donors (Lipinski definition) is 2. The first-order valence-electron chi connectivity index (χ1n) is 7.46. The van der Waals surface area contributed by atoms with E-state index in [1.54, 1.807) is 26.3 Å². The number of ether oxygens (including phenoxy) is 1. The van der Waals surface area contributed by atoms with E-state index >= 15 is 0 Å². The normalized spacial score (nSPS) is 10.8. The van der Waals surface area contributed by atoms with Gasteiger partial charge in [-0.1, -0.05) is 12.1 Å². The summed E-state index contributed by atoms with van der Waals surface area (Å²) in [5.74, 6) is 1.72. The molecule has 0 saturated heterocycles.